The first-order valence-corrected chi connectivity index (χ1v) is 6.26. The van der Waals surface area contributed by atoms with E-state index in [4.69, 9.17) is 10.00 Å². The summed E-state index contributed by atoms with van der Waals surface area (Å²) in [6, 6.07) is 6.18. The van der Waals surface area contributed by atoms with Crippen LogP contribution in [0, 0.1) is 28.4 Å². The molecule has 0 spiro atoms. The molecule has 0 unspecified atom stereocenters. The van der Waals surface area contributed by atoms with Gasteiger partial charge in [-0.2, -0.15) is 5.26 Å². The predicted octanol–water partition coefficient (Wildman–Crippen LogP) is 2.56. The number of rotatable bonds is 5. The molecule has 1 aromatic carbocycles. The lowest BCUT2D eigenvalue weighted by molar-refractivity contribution is -0.385. The Balaban J connectivity index is 2.28. The summed E-state index contributed by atoms with van der Waals surface area (Å²) in [7, 11) is 0. The van der Waals surface area contributed by atoms with E-state index in [1.807, 2.05) is 6.07 Å². The highest BCUT2D eigenvalue weighted by atomic mass is 16.6. The largest absolute Gasteiger partial charge is 0.488 e. The van der Waals surface area contributed by atoms with E-state index in [0.717, 1.165) is 0 Å². The highest BCUT2D eigenvalue weighted by molar-refractivity contribution is 5.81. The van der Waals surface area contributed by atoms with Crippen molar-refractivity contribution >= 4 is 12.0 Å². The molecule has 7 heteroatoms. The monoisotopic (exact) mass is 297 g/mol. The number of nitriles is 1. The number of aromatic nitrogens is 1. The van der Waals surface area contributed by atoms with E-state index < -0.39 is 4.92 Å². The fraction of sp³-hybridized carbons (Fsp3) is 0.133. The zero-order valence-corrected chi connectivity index (χ0v) is 11.6. The molecule has 0 aliphatic heterocycles. The second-order valence-corrected chi connectivity index (χ2v) is 4.53. The molecule has 0 amide bonds. The van der Waals surface area contributed by atoms with Crippen molar-refractivity contribution in [1.82, 2.24) is 4.98 Å². The van der Waals surface area contributed by atoms with Crippen LogP contribution in [-0.4, -0.2) is 16.2 Å². The Morgan fingerprint density at radius 2 is 2.18 bits per heavy atom. The molecule has 110 valence electrons. The summed E-state index contributed by atoms with van der Waals surface area (Å²) in [5.41, 5.74) is 1.50. The van der Waals surface area contributed by atoms with Crippen molar-refractivity contribution < 1.29 is 14.5 Å². The molecule has 0 radical (unpaired) electrons. The van der Waals surface area contributed by atoms with Crippen molar-refractivity contribution in [3.63, 3.8) is 0 Å². The average molecular weight is 297 g/mol. The summed E-state index contributed by atoms with van der Waals surface area (Å²) < 4.78 is 5.47. The van der Waals surface area contributed by atoms with Gasteiger partial charge in [-0.1, -0.05) is 0 Å². The standard InChI is InChI=1S/C15H11N3O4/c1-10-2-13(8-19)15(4-14(10)18(20)21)22-9-12-3-11(5-16)6-17-7-12/h2-4,6-8H,9H2,1H3. The second-order valence-electron chi connectivity index (χ2n) is 4.53. The lowest BCUT2D eigenvalue weighted by Gasteiger charge is -2.09. The molecule has 0 saturated carbocycles. The van der Waals surface area contributed by atoms with Crippen LogP contribution in [0.4, 0.5) is 5.69 Å². The van der Waals surface area contributed by atoms with Crippen LogP contribution in [0.2, 0.25) is 0 Å². The van der Waals surface area contributed by atoms with Gasteiger partial charge in [0.15, 0.2) is 6.29 Å². The summed E-state index contributed by atoms with van der Waals surface area (Å²) >= 11 is 0. The molecule has 1 aromatic heterocycles. The van der Waals surface area contributed by atoms with Crippen LogP contribution >= 0.6 is 0 Å². The van der Waals surface area contributed by atoms with Crippen LogP contribution in [0.15, 0.2) is 30.6 Å². The minimum absolute atomic E-state index is 0.0452. The van der Waals surface area contributed by atoms with Gasteiger partial charge >= 0.3 is 0 Å². The summed E-state index contributed by atoms with van der Waals surface area (Å²) in [4.78, 5) is 25.4. The lowest BCUT2D eigenvalue weighted by atomic mass is 10.1. The van der Waals surface area contributed by atoms with Crippen LogP contribution in [0.25, 0.3) is 0 Å². The molecule has 7 nitrogen and oxygen atoms in total. The van der Waals surface area contributed by atoms with Crippen LogP contribution in [0.1, 0.15) is 27.0 Å². The third kappa shape index (κ3) is 3.24. The number of ether oxygens (including phenoxy) is 1. The number of nitro groups is 1. The molecule has 0 bridgehead atoms. The topological polar surface area (TPSA) is 106 Å². The first kappa shape index (κ1) is 15.1. The van der Waals surface area contributed by atoms with E-state index in [-0.39, 0.29) is 23.6 Å². The maximum Gasteiger partial charge on any atom is 0.276 e. The zero-order chi connectivity index (χ0) is 16.1. The zero-order valence-electron chi connectivity index (χ0n) is 11.6. The van der Waals surface area contributed by atoms with E-state index in [1.165, 1.54) is 24.5 Å². The fourth-order valence-electron chi connectivity index (χ4n) is 1.90. The summed E-state index contributed by atoms with van der Waals surface area (Å²) in [6.07, 6.45) is 3.51. The molecule has 0 atom stereocenters. The van der Waals surface area contributed by atoms with E-state index in [9.17, 15) is 14.9 Å². The first-order chi connectivity index (χ1) is 10.5. The van der Waals surface area contributed by atoms with Crippen LogP contribution < -0.4 is 4.74 Å². The number of hydrogen-bond donors (Lipinski definition) is 0. The molecule has 0 N–H and O–H groups in total. The second kappa shape index (κ2) is 6.45. The predicted molar refractivity (Wildman–Crippen MR) is 76.5 cm³/mol. The number of aldehydes is 1. The molecule has 0 saturated heterocycles. The van der Waals surface area contributed by atoms with Crippen molar-refractivity contribution in [3.8, 4) is 11.8 Å². The van der Waals surface area contributed by atoms with Crippen LogP contribution in [-0.2, 0) is 6.61 Å². The van der Waals surface area contributed by atoms with Crippen LogP contribution in [0.3, 0.4) is 0 Å². The molecular weight excluding hydrogens is 286 g/mol. The number of pyridine rings is 1. The average Bonchev–Trinajstić information content (AvgIpc) is 2.53. The van der Waals surface area contributed by atoms with Gasteiger partial charge in [-0.3, -0.25) is 19.9 Å². The number of benzene rings is 1. The van der Waals surface area contributed by atoms with E-state index in [2.05, 4.69) is 4.98 Å². The molecule has 2 rings (SSSR count). The van der Waals surface area contributed by atoms with E-state index in [1.54, 1.807) is 13.0 Å². The number of nitro benzene ring substituents is 1. The third-order valence-corrected chi connectivity index (χ3v) is 2.97. The molecule has 1 heterocycles. The fourth-order valence-corrected chi connectivity index (χ4v) is 1.90. The normalized spacial score (nSPS) is 9.82. The number of nitrogens with zero attached hydrogens (tertiary/aromatic N) is 3. The summed E-state index contributed by atoms with van der Waals surface area (Å²) in [6.45, 7) is 1.60. The molecule has 0 aliphatic carbocycles. The van der Waals surface area contributed by atoms with Crippen molar-refractivity contribution in [2.24, 2.45) is 0 Å². The third-order valence-electron chi connectivity index (χ3n) is 2.97. The Bertz CT molecular complexity index is 781. The van der Waals surface area contributed by atoms with Gasteiger partial charge in [0, 0.05) is 23.5 Å². The van der Waals surface area contributed by atoms with Crippen LogP contribution in [0.5, 0.6) is 5.75 Å². The summed E-state index contributed by atoms with van der Waals surface area (Å²) in [5.74, 6) is 0.120. The first-order valence-electron chi connectivity index (χ1n) is 6.26. The van der Waals surface area contributed by atoms with E-state index in [0.29, 0.717) is 23.0 Å². The van der Waals surface area contributed by atoms with Crippen molar-refractivity contribution in [1.29, 1.82) is 5.26 Å². The number of carbonyl (C=O) groups excluding carboxylic acids is 1. The van der Waals surface area contributed by atoms with Gasteiger partial charge in [-0.25, -0.2) is 0 Å². The minimum atomic E-state index is -0.533. The van der Waals surface area contributed by atoms with Gasteiger partial charge in [0.25, 0.3) is 5.69 Å². The summed E-state index contributed by atoms with van der Waals surface area (Å²) in [5, 5.41) is 19.8. The molecule has 0 fully saturated rings. The Labute approximate surface area is 125 Å². The minimum Gasteiger partial charge on any atom is -0.488 e. The molecule has 0 aliphatic rings. The quantitative estimate of drug-likeness (QED) is 0.477. The Hall–Kier alpha value is -3.27. The highest BCUT2D eigenvalue weighted by Crippen LogP contribution is 2.28. The van der Waals surface area contributed by atoms with Crippen molar-refractivity contribution in [3.05, 3.63) is 63.0 Å². The maximum atomic E-state index is 11.1. The van der Waals surface area contributed by atoms with Gasteiger partial charge in [-0.05, 0) is 19.1 Å². The Morgan fingerprint density at radius 1 is 1.41 bits per heavy atom. The molecular formula is C15H11N3O4. The maximum absolute atomic E-state index is 11.1. The van der Waals surface area contributed by atoms with E-state index >= 15 is 0 Å². The number of aryl methyl sites for hydroxylation is 1. The SMILES string of the molecule is Cc1cc(C=O)c(OCc2cncc(C#N)c2)cc1[N+](=O)[O-]. The molecule has 2 aromatic rings. The van der Waals surface area contributed by atoms with Gasteiger partial charge in [0.2, 0.25) is 0 Å². The molecule has 22 heavy (non-hydrogen) atoms. The Kier molecular flexibility index (Phi) is 4.44. The highest BCUT2D eigenvalue weighted by Gasteiger charge is 2.16. The van der Waals surface area contributed by atoms with Gasteiger partial charge < -0.3 is 4.74 Å². The van der Waals surface area contributed by atoms with Crippen molar-refractivity contribution in [2.45, 2.75) is 13.5 Å². The number of hydrogen-bond acceptors (Lipinski definition) is 6. The lowest BCUT2D eigenvalue weighted by Crippen LogP contribution is -2.02. The Morgan fingerprint density at radius 3 is 2.82 bits per heavy atom. The smallest absolute Gasteiger partial charge is 0.276 e. The van der Waals surface area contributed by atoms with Gasteiger partial charge in [-0.15, -0.1) is 0 Å². The van der Waals surface area contributed by atoms with Crippen molar-refractivity contribution in [2.75, 3.05) is 0 Å². The van der Waals surface area contributed by atoms with Gasteiger partial charge in [0.1, 0.15) is 18.4 Å². The van der Waals surface area contributed by atoms with Gasteiger partial charge in [0.05, 0.1) is 22.1 Å². The number of carbonyl (C=O) groups is 1.